The van der Waals surface area contributed by atoms with Crippen molar-refractivity contribution in [1.29, 1.82) is 0 Å². The first-order valence-electron chi connectivity index (χ1n) is 5.96. The molecule has 0 aromatic carbocycles. The van der Waals surface area contributed by atoms with Crippen LogP contribution in [0.3, 0.4) is 0 Å². The molecule has 0 atom stereocenters. The van der Waals surface area contributed by atoms with Crippen LogP contribution in [0.5, 0.6) is 0 Å². The number of aromatic nitrogens is 1. The summed E-state index contributed by atoms with van der Waals surface area (Å²) in [6.07, 6.45) is 1.06. The lowest BCUT2D eigenvalue weighted by Crippen LogP contribution is -2.21. The Kier molecular flexibility index (Phi) is 4.61. The van der Waals surface area contributed by atoms with Crippen LogP contribution in [0.4, 0.5) is 5.82 Å². The molecule has 2 rings (SSSR count). The molecule has 4 heteroatoms. The van der Waals surface area contributed by atoms with Gasteiger partial charge in [0.2, 0.25) is 0 Å². The highest BCUT2D eigenvalue weighted by Gasteiger charge is 2.06. The largest absolute Gasteiger partial charge is 0.359 e. The Hall–Kier alpha value is -1.06. The van der Waals surface area contributed by atoms with Crippen molar-refractivity contribution in [1.82, 2.24) is 4.98 Å². The number of pyridine rings is 1. The van der Waals surface area contributed by atoms with Crippen molar-refractivity contribution in [3.8, 4) is 0 Å². The van der Waals surface area contributed by atoms with Crippen LogP contribution in [-0.2, 0) is 12.3 Å². The van der Waals surface area contributed by atoms with Gasteiger partial charge < -0.3 is 4.90 Å². The van der Waals surface area contributed by atoms with Gasteiger partial charge in [0.15, 0.2) is 0 Å². The zero-order valence-electron chi connectivity index (χ0n) is 10.7. The lowest BCUT2D eigenvalue weighted by Gasteiger charge is -2.18. The Balaban J connectivity index is 2.00. The average molecular weight is 281 g/mol. The van der Waals surface area contributed by atoms with Crippen molar-refractivity contribution in [2.45, 2.75) is 19.2 Å². The van der Waals surface area contributed by atoms with Crippen molar-refractivity contribution in [3.05, 3.63) is 45.8 Å². The normalized spacial score (nSPS) is 10.6. The molecule has 0 saturated carbocycles. The molecule has 0 unspecified atom stereocenters. The average Bonchev–Trinajstić information content (AvgIpc) is 2.89. The van der Waals surface area contributed by atoms with Gasteiger partial charge in [-0.3, -0.25) is 0 Å². The first-order valence-corrected chi connectivity index (χ1v) is 7.38. The van der Waals surface area contributed by atoms with Gasteiger partial charge in [-0.1, -0.05) is 12.1 Å². The summed E-state index contributed by atoms with van der Waals surface area (Å²) in [6.45, 7) is 2.99. The summed E-state index contributed by atoms with van der Waals surface area (Å²) in [5, 5.41) is 2.12. The van der Waals surface area contributed by atoms with E-state index in [0.717, 1.165) is 30.0 Å². The van der Waals surface area contributed by atoms with Gasteiger partial charge >= 0.3 is 0 Å². The van der Waals surface area contributed by atoms with Crippen LogP contribution in [0.15, 0.2) is 29.6 Å². The number of likely N-dealkylation sites (N-methyl/N-ethyl adjacent to an activating group) is 1. The van der Waals surface area contributed by atoms with E-state index >= 15 is 0 Å². The van der Waals surface area contributed by atoms with Crippen LogP contribution < -0.4 is 4.90 Å². The summed E-state index contributed by atoms with van der Waals surface area (Å²) in [7, 11) is 2.08. The minimum Gasteiger partial charge on any atom is -0.359 e. The van der Waals surface area contributed by atoms with Crippen molar-refractivity contribution in [2.24, 2.45) is 0 Å². The lowest BCUT2D eigenvalue weighted by atomic mass is 10.2. The standard InChI is InChI=1S/C14H17ClN2S/c1-11-12(10-15)5-6-14(16-11)17(2)8-7-13-4-3-9-18-13/h3-6,9H,7-8,10H2,1-2H3. The minimum absolute atomic E-state index is 0.526. The number of alkyl halides is 1. The number of hydrogen-bond donors (Lipinski definition) is 0. The molecule has 0 bridgehead atoms. The van der Waals surface area contributed by atoms with Gasteiger partial charge in [0.1, 0.15) is 5.82 Å². The third-order valence-electron chi connectivity index (χ3n) is 2.99. The third kappa shape index (κ3) is 3.24. The molecule has 0 aliphatic carbocycles. The molecule has 96 valence electrons. The molecule has 0 spiro atoms. The maximum Gasteiger partial charge on any atom is 0.128 e. The first kappa shape index (κ1) is 13.4. The Morgan fingerprint density at radius 2 is 2.17 bits per heavy atom. The maximum absolute atomic E-state index is 5.84. The van der Waals surface area contributed by atoms with E-state index in [0.29, 0.717) is 5.88 Å². The molecular weight excluding hydrogens is 264 g/mol. The second-order valence-electron chi connectivity index (χ2n) is 4.30. The molecule has 2 aromatic rings. The van der Waals surface area contributed by atoms with E-state index in [4.69, 9.17) is 11.6 Å². The Labute approximate surface area is 117 Å². The van der Waals surface area contributed by atoms with Crippen LogP contribution >= 0.6 is 22.9 Å². The molecule has 0 aliphatic heterocycles. The topological polar surface area (TPSA) is 16.1 Å². The maximum atomic E-state index is 5.84. The summed E-state index contributed by atoms with van der Waals surface area (Å²) >= 11 is 7.65. The second-order valence-corrected chi connectivity index (χ2v) is 5.60. The fourth-order valence-electron chi connectivity index (χ4n) is 1.78. The highest BCUT2D eigenvalue weighted by Crippen LogP contribution is 2.16. The zero-order valence-corrected chi connectivity index (χ0v) is 12.3. The molecular formula is C14H17ClN2S. The predicted octanol–water partition coefficient (Wildman–Crippen LogP) is 3.87. The lowest BCUT2D eigenvalue weighted by molar-refractivity contribution is 0.863. The van der Waals surface area contributed by atoms with Crippen LogP contribution in [0.25, 0.3) is 0 Å². The molecule has 0 radical (unpaired) electrons. The van der Waals surface area contributed by atoms with Crippen LogP contribution in [0.2, 0.25) is 0 Å². The minimum atomic E-state index is 0.526. The van der Waals surface area contributed by atoms with Gasteiger partial charge in [0.05, 0.1) is 0 Å². The molecule has 18 heavy (non-hydrogen) atoms. The SMILES string of the molecule is Cc1nc(N(C)CCc2cccs2)ccc1CCl. The van der Waals surface area contributed by atoms with Gasteiger partial charge in [-0.25, -0.2) is 4.98 Å². The van der Waals surface area contributed by atoms with Crippen molar-refractivity contribution >= 4 is 28.8 Å². The quantitative estimate of drug-likeness (QED) is 0.773. The molecule has 0 amide bonds. The molecule has 0 aliphatic rings. The molecule has 0 N–H and O–H groups in total. The number of aryl methyl sites for hydroxylation is 1. The first-order chi connectivity index (χ1) is 8.70. The molecule has 0 saturated heterocycles. The van der Waals surface area contributed by atoms with E-state index in [1.807, 2.05) is 13.0 Å². The highest BCUT2D eigenvalue weighted by atomic mass is 35.5. The summed E-state index contributed by atoms with van der Waals surface area (Å²) in [5.74, 6) is 1.54. The van der Waals surface area contributed by atoms with Gasteiger partial charge in [0, 0.05) is 30.0 Å². The summed E-state index contributed by atoms with van der Waals surface area (Å²) in [4.78, 5) is 8.19. The zero-order chi connectivity index (χ0) is 13.0. The Morgan fingerprint density at radius 3 is 2.78 bits per heavy atom. The van der Waals surface area contributed by atoms with Gasteiger partial charge in [0.25, 0.3) is 0 Å². The predicted molar refractivity (Wildman–Crippen MR) is 79.8 cm³/mol. The molecule has 2 aromatic heterocycles. The fraction of sp³-hybridized carbons (Fsp3) is 0.357. The molecule has 0 fully saturated rings. The molecule has 2 heterocycles. The van der Waals surface area contributed by atoms with Crippen molar-refractivity contribution < 1.29 is 0 Å². The second kappa shape index (κ2) is 6.21. The Morgan fingerprint density at radius 1 is 1.33 bits per heavy atom. The van der Waals surface area contributed by atoms with Gasteiger partial charge in [-0.05, 0) is 36.4 Å². The van der Waals surface area contributed by atoms with Gasteiger partial charge in [-0.15, -0.1) is 22.9 Å². The fourth-order valence-corrected chi connectivity index (χ4v) is 2.76. The third-order valence-corrected chi connectivity index (χ3v) is 4.21. The summed E-state index contributed by atoms with van der Waals surface area (Å²) in [6, 6.07) is 8.37. The summed E-state index contributed by atoms with van der Waals surface area (Å²) in [5.41, 5.74) is 2.12. The number of halogens is 1. The number of rotatable bonds is 5. The van der Waals surface area contributed by atoms with Crippen molar-refractivity contribution in [2.75, 3.05) is 18.5 Å². The molecule has 2 nitrogen and oxygen atoms in total. The van der Waals surface area contributed by atoms with Gasteiger partial charge in [-0.2, -0.15) is 0 Å². The highest BCUT2D eigenvalue weighted by molar-refractivity contribution is 7.09. The van der Waals surface area contributed by atoms with Crippen LogP contribution in [-0.4, -0.2) is 18.6 Å². The smallest absolute Gasteiger partial charge is 0.128 e. The van der Waals surface area contributed by atoms with Crippen LogP contribution in [0, 0.1) is 6.92 Å². The van der Waals surface area contributed by atoms with Crippen LogP contribution in [0.1, 0.15) is 16.1 Å². The number of thiophene rings is 1. The number of nitrogens with zero attached hydrogens (tertiary/aromatic N) is 2. The van der Waals surface area contributed by atoms with E-state index in [-0.39, 0.29) is 0 Å². The number of hydrogen-bond acceptors (Lipinski definition) is 3. The van der Waals surface area contributed by atoms with E-state index in [9.17, 15) is 0 Å². The van der Waals surface area contributed by atoms with E-state index < -0.39 is 0 Å². The van der Waals surface area contributed by atoms with E-state index in [2.05, 4.69) is 40.5 Å². The van der Waals surface area contributed by atoms with E-state index in [1.165, 1.54) is 4.88 Å². The number of anilines is 1. The summed E-state index contributed by atoms with van der Waals surface area (Å²) < 4.78 is 0. The van der Waals surface area contributed by atoms with Crippen molar-refractivity contribution in [3.63, 3.8) is 0 Å². The van der Waals surface area contributed by atoms with E-state index in [1.54, 1.807) is 11.3 Å². The Bertz CT molecular complexity index is 497. The monoisotopic (exact) mass is 280 g/mol.